The zero-order valence-electron chi connectivity index (χ0n) is 20.4. The molecule has 0 aromatic heterocycles. The number of benzene rings is 3. The van der Waals surface area contributed by atoms with Gasteiger partial charge in [-0.2, -0.15) is 5.10 Å². The molecule has 5 rings (SSSR count). The van der Waals surface area contributed by atoms with Crippen LogP contribution < -0.4 is 10.5 Å². The molecule has 1 unspecified atom stereocenters. The van der Waals surface area contributed by atoms with Crippen molar-refractivity contribution in [3.63, 3.8) is 0 Å². The molecule has 3 N–H and O–H groups in total. The summed E-state index contributed by atoms with van der Waals surface area (Å²) in [6.07, 6.45) is 0.277. The molecule has 2 aliphatic rings. The number of nitrogens with one attached hydrogen (secondary N) is 1. The van der Waals surface area contributed by atoms with Gasteiger partial charge in [0.2, 0.25) is 10.0 Å². The van der Waals surface area contributed by atoms with Crippen LogP contribution in [0.15, 0.2) is 88.9 Å². The van der Waals surface area contributed by atoms with Crippen LogP contribution in [0.3, 0.4) is 0 Å². The van der Waals surface area contributed by atoms with Crippen molar-refractivity contribution in [2.24, 2.45) is 10.2 Å². The van der Waals surface area contributed by atoms with Crippen molar-refractivity contribution in [1.29, 1.82) is 0 Å². The summed E-state index contributed by atoms with van der Waals surface area (Å²) in [5.74, 6) is -0.521. The summed E-state index contributed by atoms with van der Waals surface area (Å²) in [6, 6.07) is 18.1. The number of halogens is 2. The molecule has 2 amide bonds. The van der Waals surface area contributed by atoms with Gasteiger partial charge in [0.1, 0.15) is 5.82 Å². The predicted molar refractivity (Wildman–Crippen MR) is 145 cm³/mol. The van der Waals surface area contributed by atoms with Crippen molar-refractivity contribution in [2.75, 3.05) is 6.54 Å². The second kappa shape index (κ2) is 10.0. The molecular weight excluding hydrogens is 567 g/mol. The summed E-state index contributed by atoms with van der Waals surface area (Å²) < 4.78 is 64.1. The Morgan fingerprint density at radius 2 is 1.59 bits per heavy atom. The third-order valence-electron chi connectivity index (χ3n) is 7.04. The first kappa shape index (κ1) is 27.3. The lowest BCUT2D eigenvalue weighted by atomic mass is 9.89. The van der Waals surface area contributed by atoms with E-state index in [0.717, 1.165) is 5.01 Å². The fraction of sp³-hybridized carbons (Fsp3) is 0.231. The van der Waals surface area contributed by atoms with Gasteiger partial charge in [-0.25, -0.2) is 36.2 Å². The van der Waals surface area contributed by atoms with E-state index in [1.165, 1.54) is 48.5 Å². The number of urea groups is 1. The first-order chi connectivity index (χ1) is 18.4. The SMILES string of the molecule is NS(=O)(=O)C1CC(NC(=O)N2CC(c3ccccc3)(S(=O)(=O)c3ccc(Cl)cc3)C(c3ccc(F)cc3)=N2)C1. The quantitative estimate of drug-likeness (QED) is 0.453. The number of sulfone groups is 1. The number of amides is 2. The second-order valence-electron chi connectivity index (χ2n) is 9.49. The highest BCUT2D eigenvalue weighted by atomic mass is 35.5. The van der Waals surface area contributed by atoms with Crippen molar-refractivity contribution in [3.05, 3.63) is 101 Å². The molecule has 39 heavy (non-hydrogen) atoms. The van der Waals surface area contributed by atoms with Gasteiger partial charge in [-0.05, 0) is 54.8 Å². The topological polar surface area (TPSA) is 139 Å². The Morgan fingerprint density at radius 3 is 2.18 bits per heavy atom. The molecule has 3 aromatic carbocycles. The number of rotatable bonds is 6. The van der Waals surface area contributed by atoms with Crippen LogP contribution in [-0.2, 0) is 24.6 Å². The van der Waals surface area contributed by atoms with Crippen LogP contribution in [0.4, 0.5) is 9.18 Å². The lowest BCUT2D eigenvalue weighted by molar-refractivity contribution is 0.191. The number of carbonyl (C=O) groups excluding carboxylic acids is 1. The van der Waals surface area contributed by atoms with E-state index in [4.69, 9.17) is 16.7 Å². The zero-order valence-corrected chi connectivity index (χ0v) is 22.8. The number of nitrogens with zero attached hydrogens (tertiary/aromatic N) is 2. The lowest BCUT2D eigenvalue weighted by Crippen LogP contribution is -2.54. The van der Waals surface area contributed by atoms with Crippen LogP contribution in [0.2, 0.25) is 5.02 Å². The van der Waals surface area contributed by atoms with Gasteiger partial charge in [0.15, 0.2) is 14.6 Å². The minimum Gasteiger partial charge on any atom is -0.334 e. The van der Waals surface area contributed by atoms with Crippen molar-refractivity contribution in [1.82, 2.24) is 10.3 Å². The summed E-state index contributed by atoms with van der Waals surface area (Å²) in [5, 5.41) is 13.0. The van der Waals surface area contributed by atoms with E-state index in [0.29, 0.717) is 16.1 Å². The lowest BCUT2D eigenvalue weighted by Gasteiger charge is -2.35. The van der Waals surface area contributed by atoms with Crippen LogP contribution in [0.5, 0.6) is 0 Å². The molecular formula is C26H24ClFN4O5S2. The second-order valence-corrected chi connectivity index (χ2v) is 13.9. The molecule has 0 spiro atoms. The Balaban J connectivity index is 1.61. The molecule has 0 radical (unpaired) electrons. The Labute approximate surface area is 230 Å². The van der Waals surface area contributed by atoms with Gasteiger partial charge in [0.05, 0.1) is 22.4 Å². The molecule has 1 fully saturated rings. The smallest absolute Gasteiger partial charge is 0.334 e. The molecule has 1 saturated carbocycles. The number of sulfonamides is 1. The highest BCUT2D eigenvalue weighted by molar-refractivity contribution is 7.93. The van der Waals surface area contributed by atoms with E-state index < -0.39 is 47.7 Å². The predicted octanol–water partition coefficient (Wildman–Crippen LogP) is 3.40. The molecule has 0 saturated heterocycles. The summed E-state index contributed by atoms with van der Waals surface area (Å²) in [7, 11) is -8.01. The normalized spacial score (nSPS) is 23.2. The third kappa shape index (κ3) is 4.93. The van der Waals surface area contributed by atoms with Crippen LogP contribution in [0.25, 0.3) is 0 Å². The van der Waals surface area contributed by atoms with Gasteiger partial charge in [-0.3, -0.25) is 0 Å². The van der Waals surface area contributed by atoms with Crippen LogP contribution in [0, 0.1) is 5.82 Å². The number of carbonyl (C=O) groups is 1. The summed E-state index contributed by atoms with van der Waals surface area (Å²) in [4.78, 5) is 13.3. The molecule has 9 nitrogen and oxygen atoms in total. The number of nitrogens with two attached hydrogens (primary N) is 1. The van der Waals surface area contributed by atoms with Gasteiger partial charge < -0.3 is 5.32 Å². The maximum absolute atomic E-state index is 14.5. The van der Waals surface area contributed by atoms with E-state index in [2.05, 4.69) is 10.4 Å². The van der Waals surface area contributed by atoms with E-state index in [1.54, 1.807) is 30.3 Å². The van der Waals surface area contributed by atoms with E-state index in [1.807, 2.05) is 0 Å². The number of hydrazone groups is 1. The number of hydrogen-bond donors (Lipinski definition) is 2. The van der Waals surface area contributed by atoms with Gasteiger partial charge in [0, 0.05) is 16.6 Å². The maximum Gasteiger partial charge on any atom is 0.338 e. The fourth-order valence-electron chi connectivity index (χ4n) is 4.86. The standard InChI is InChI=1S/C26H24ClFN4O5S2/c27-19-8-12-22(13-9-19)38(34,35)26(18-4-2-1-3-5-18)16-32(31-24(26)17-6-10-20(28)11-7-17)25(33)30-21-14-23(15-21)39(29,36)37/h1-13,21,23H,14-16H2,(H,30,33)(H2,29,36,37). The Kier molecular flexibility index (Phi) is 7.00. The summed E-state index contributed by atoms with van der Waals surface area (Å²) >= 11 is 6.02. The summed E-state index contributed by atoms with van der Waals surface area (Å²) in [6.45, 7) is -0.383. The minimum atomic E-state index is -4.29. The van der Waals surface area contributed by atoms with Crippen LogP contribution in [-0.4, -0.2) is 51.4 Å². The van der Waals surface area contributed by atoms with E-state index >= 15 is 0 Å². The molecule has 0 bridgehead atoms. The van der Waals surface area contributed by atoms with Crippen molar-refractivity contribution in [3.8, 4) is 0 Å². The molecule has 3 aromatic rings. The highest BCUT2D eigenvalue weighted by Gasteiger charge is 2.57. The van der Waals surface area contributed by atoms with Crippen molar-refractivity contribution < 1.29 is 26.0 Å². The molecule has 1 heterocycles. The fourth-order valence-corrected chi connectivity index (χ4v) is 8.03. The molecule has 13 heteroatoms. The number of hydrogen-bond acceptors (Lipinski definition) is 6. The monoisotopic (exact) mass is 590 g/mol. The average molecular weight is 591 g/mol. The van der Waals surface area contributed by atoms with Gasteiger partial charge in [0.25, 0.3) is 0 Å². The Morgan fingerprint density at radius 1 is 0.974 bits per heavy atom. The molecule has 1 aliphatic heterocycles. The summed E-state index contributed by atoms with van der Waals surface area (Å²) in [5.41, 5.74) is 0.706. The van der Waals surface area contributed by atoms with Gasteiger partial charge in [-0.15, -0.1) is 0 Å². The van der Waals surface area contributed by atoms with E-state index in [9.17, 15) is 26.0 Å². The molecule has 1 atom stereocenters. The van der Waals surface area contributed by atoms with Gasteiger partial charge >= 0.3 is 6.03 Å². The maximum atomic E-state index is 14.5. The Bertz CT molecular complexity index is 1640. The van der Waals surface area contributed by atoms with Crippen molar-refractivity contribution >= 4 is 43.2 Å². The zero-order chi connectivity index (χ0) is 28.0. The minimum absolute atomic E-state index is 0.0369. The van der Waals surface area contributed by atoms with Crippen LogP contribution >= 0.6 is 11.6 Å². The highest BCUT2D eigenvalue weighted by Crippen LogP contribution is 2.44. The van der Waals surface area contributed by atoms with Crippen molar-refractivity contribution in [2.45, 2.75) is 33.8 Å². The van der Waals surface area contributed by atoms with E-state index in [-0.39, 0.29) is 30.0 Å². The number of primary sulfonamides is 1. The molecule has 204 valence electrons. The molecule has 1 aliphatic carbocycles. The first-order valence-electron chi connectivity index (χ1n) is 11.9. The Hall–Kier alpha value is -3.32. The van der Waals surface area contributed by atoms with Gasteiger partial charge in [-0.1, -0.05) is 54.1 Å². The largest absolute Gasteiger partial charge is 0.338 e. The first-order valence-corrected chi connectivity index (χ1v) is 15.4. The average Bonchev–Trinajstić information content (AvgIpc) is 3.29. The van der Waals surface area contributed by atoms with Crippen LogP contribution in [0.1, 0.15) is 24.0 Å². The third-order valence-corrected chi connectivity index (χ3v) is 11.0.